The van der Waals surface area contributed by atoms with Gasteiger partial charge in [0.15, 0.2) is 0 Å². The highest BCUT2D eigenvalue weighted by atomic mass is 15.2. The van der Waals surface area contributed by atoms with E-state index in [1.165, 1.54) is 51.5 Å². The van der Waals surface area contributed by atoms with Gasteiger partial charge in [0, 0.05) is 18.1 Å². The zero-order valence-corrected chi connectivity index (χ0v) is 13.8. The summed E-state index contributed by atoms with van der Waals surface area (Å²) < 4.78 is 0. The lowest BCUT2D eigenvalue weighted by Gasteiger charge is -2.50. The van der Waals surface area contributed by atoms with E-state index in [0.29, 0.717) is 11.0 Å². The predicted octanol–water partition coefficient (Wildman–Crippen LogP) is 3.67. The quantitative estimate of drug-likeness (QED) is 0.835. The fourth-order valence-electron chi connectivity index (χ4n) is 4.10. The Labute approximate surface area is 120 Å². The number of rotatable bonds is 4. The second-order valence-corrected chi connectivity index (χ2v) is 8.22. The second-order valence-electron chi connectivity index (χ2n) is 8.22. The average molecular weight is 266 g/mol. The molecule has 2 atom stereocenters. The van der Waals surface area contributed by atoms with E-state index >= 15 is 0 Å². The van der Waals surface area contributed by atoms with Crippen LogP contribution in [0.4, 0.5) is 0 Å². The van der Waals surface area contributed by atoms with E-state index in [1.54, 1.807) is 0 Å². The van der Waals surface area contributed by atoms with E-state index in [2.05, 4.69) is 45.1 Å². The summed E-state index contributed by atoms with van der Waals surface area (Å²) >= 11 is 0. The van der Waals surface area contributed by atoms with Crippen molar-refractivity contribution in [3.8, 4) is 0 Å². The predicted molar refractivity (Wildman–Crippen MR) is 83.5 cm³/mol. The fraction of sp³-hybridized carbons (Fsp3) is 1.00. The van der Waals surface area contributed by atoms with Crippen LogP contribution in [0.1, 0.15) is 65.7 Å². The van der Waals surface area contributed by atoms with Crippen molar-refractivity contribution < 1.29 is 0 Å². The lowest BCUT2D eigenvalue weighted by atomic mass is 9.69. The molecule has 0 bridgehead atoms. The van der Waals surface area contributed by atoms with Gasteiger partial charge in [0.2, 0.25) is 0 Å². The van der Waals surface area contributed by atoms with Crippen molar-refractivity contribution in [2.75, 3.05) is 20.6 Å². The number of nitrogens with one attached hydrogen (secondary N) is 1. The second kappa shape index (κ2) is 5.73. The first kappa shape index (κ1) is 15.3. The highest BCUT2D eigenvalue weighted by Crippen LogP contribution is 2.40. The van der Waals surface area contributed by atoms with Gasteiger partial charge in [-0.15, -0.1) is 0 Å². The van der Waals surface area contributed by atoms with Crippen LogP contribution >= 0.6 is 0 Å². The summed E-state index contributed by atoms with van der Waals surface area (Å²) in [5, 5.41) is 3.96. The summed E-state index contributed by atoms with van der Waals surface area (Å²) in [6.07, 6.45) is 9.80. The third-order valence-corrected chi connectivity index (χ3v) is 5.80. The van der Waals surface area contributed by atoms with Crippen molar-refractivity contribution >= 4 is 0 Å². The van der Waals surface area contributed by atoms with Gasteiger partial charge in [-0.05, 0) is 57.5 Å². The van der Waals surface area contributed by atoms with Crippen molar-refractivity contribution in [1.29, 1.82) is 0 Å². The largest absolute Gasteiger partial charge is 0.312 e. The highest BCUT2D eigenvalue weighted by molar-refractivity contribution is 4.99. The molecule has 2 nitrogen and oxygen atoms in total. The van der Waals surface area contributed by atoms with Crippen LogP contribution in [-0.2, 0) is 0 Å². The molecule has 2 unspecified atom stereocenters. The molecule has 2 aliphatic rings. The SMILES string of the molecule is CN(C)C1(CNC2CCCCC2C(C)(C)C)CCC1. The van der Waals surface area contributed by atoms with Crippen molar-refractivity contribution in [2.45, 2.75) is 77.3 Å². The third-order valence-electron chi connectivity index (χ3n) is 5.80. The van der Waals surface area contributed by atoms with Gasteiger partial charge in [0.1, 0.15) is 0 Å². The van der Waals surface area contributed by atoms with E-state index < -0.39 is 0 Å². The summed E-state index contributed by atoms with van der Waals surface area (Å²) in [4.78, 5) is 2.46. The van der Waals surface area contributed by atoms with Crippen LogP contribution in [0.5, 0.6) is 0 Å². The molecular weight excluding hydrogens is 232 g/mol. The minimum atomic E-state index is 0.447. The first-order valence-electron chi connectivity index (χ1n) is 8.26. The molecule has 0 aliphatic heterocycles. The van der Waals surface area contributed by atoms with E-state index in [0.717, 1.165) is 12.0 Å². The van der Waals surface area contributed by atoms with Crippen LogP contribution < -0.4 is 5.32 Å². The van der Waals surface area contributed by atoms with Gasteiger partial charge in [0.25, 0.3) is 0 Å². The first-order valence-corrected chi connectivity index (χ1v) is 8.26. The third kappa shape index (κ3) is 3.33. The maximum atomic E-state index is 3.96. The molecule has 0 aromatic rings. The van der Waals surface area contributed by atoms with Crippen LogP contribution in [0.3, 0.4) is 0 Å². The lowest BCUT2D eigenvalue weighted by Crippen LogP contribution is -2.59. The van der Waals surface area contributed by atoms with Crippen LogP contribution in [-0.4, -0.2) is 37.1 Å². The molecule has 2 fully saturated rings. The minimum Gasteiger partial charge on any atom is -0.312 e. The summed E-state index contributed by atoms with van der Waals surface area (Å²) in [5.74, 6) is 0.848. The van der Waals surface area contributed by atoms with E-state index in [-0.39, 0.29) is 0 Å². The minimum absolute atomic E-state index is 0.447. The van der Waals surface area contributed by atoms with E-state index in [1.807, 2.05) is 0 Å². The Morgan fingerprint density at radius 2 is 1.68 bits per heavy atom. The van der Waals surface area contributed by atoms with Gasteiger partial charge in [-0.1, -0.05) is 33.6 Å². The molecule has 2 aliphatic carbocycles. The molecule has 0 spiro atoms. The molecule has 2 rings (SSSR count). The van der Waals surface area contributed by atoms with Gasteiger partial charge in [-0.25, -0.2) is 0 Å². The molecule has 0 radical (unpaired) electrons. The molecule has 2 saturated carbocycles. The zero-order valence-electron chi connectivity index (χ0n) is 13.8. The summed E-state index contributed by atoms with van der Waals surface area (Å²) in [5.41, 5.74) is 0.906. The maximum absolute atomic E-state index is 3.96. The molecule has 0 aromatic carbocycles. The number of hydrogen-bond acceptors (Lipinski definition) is 2. The van der Waals surface area contributed by atoms with Gasteiger partial charge in [-0.3, -0.25) is 0 Å². The molecule has 0 amide bonds. The van der Waals surface area contributed by atoms with Crippen LogP contribution in [0.2, 0.25) is 0 Å². The molecule has 0 saturated heterocycles. The molecule has 2 heteroatoms. The maximum Gasteiger partial charge on any atom is 0.0328 e. The summed E-state index contributed by atoms with van der Waals surface area (Å²) in [6, 6.07) is 0.742. The molecule has 19 heavy (non-hydrogen) atoms. The van der Waals surface area contributed by atoms with Gasteiger partial charge >= 0.3 is 0 Å². The Morgan fingerprint density at radius 1 is 1.05 bits per heavy atom. The first-order chi connectivity index (χ1) is 8.85. The van der Waals surface area contributed by atoms with Crippen molar-refractivity contribution in [3.63, 3.8) is 0 Å². The summed E-state index contributed by atoms with van der Waals surface area (Å²) in [6.45, 7) is 8.45. The summed E-state index contributed by atoms with van der Waals surface area (Å²) in [7, 11) is 4.51. The number of hydrogen-bond donors (Lipinski definition) is 1. The monoisotopic (exact) mass is 266 g/mol. The van der Waals surface area contributed by atoms with Crippen molar-refractivity contribution in [3.05, 3.63) is 0 Å². The van der Waals surface area contributed by atoms with E-state index in [9.17, 15) is 0 Å². The Hall–Kier alpha value is -0.0800. The number of likely N-dealkylation sites (N-methyl/N-ethyl adjacent to an activating group) is 1. The topological polar surface area (TPSA) is 15.3 Å². The Balaban J connectivity index is 1.93. The standard InChI is InChI=1S/C17H34N2/c1-16(2,3)14-9-6-7-10-15(14)18-13-17(19(4)5)11-8-12-17/h14-15,18H,6-13H2,1-5H3. The van der Waals surface area contributed by atoms with Crippen LogP contribution in [0.15, 0.2) is 0 Å². The van der Waals surface area contributed by atoms with Crippen LogP contribution in [0, 0.1) is 11.3 Å². The average Bonchev–Trinajstić information content (AvgIpc) is 2.26. The molecule has 0 aromatic heterocycles. The fourth-order valence-corrected chi connectivity index (χ4v) is 4.10. The molecular formula is C17H34N2. The smallest absolute Gasteiger partial charge is 0.0328 e. The lowest BCUT2D eigenvalue weighted by molar-refractivity contribution is 0.0442. The van der Waals surface area contributed by atoms with Gasteiger partial charge < -0.3 is 10.2 Å². The highest BCUT2D eigenvalue weighted by Gasteiger charge is 2.41. The molecule has 112 valence electrons. The van der Waals surface area contributed by atoms with Crippen molar-refractivity contribution in [2.24, 2.45) is 11.3 Å². The van der Waals surface area contributed by atoms with Crippen LogP contribution in [0.25, 0.3) is 0 Å². The Bertz CT molecular complexity index is 286. The van der Waals surface area contributed by atoms with Gasteiger partial charge in [-0.2, -0.15) is 0 Å². The molecule has 0 heterocycles. The van der Waals surface area contributed by atoms with Gasteiger partial charge in [0.05, 0.1) is 0 Å². The molecule has 1 N–H and O–H groups in total. The number of nitrogens with zero attached hydrogens (tertiary/aromatic N) is 1. The Kier molecular flexibility index (Phi) is 4.62. The van der Waals surface area contributed by atoms with Crippen molar-refractivity contribution in [1.82, 2.24) is 10.2 Å². The Morgan fingerprint density at radius 3 is 2.16 bits per heavy atom. The zero-order chi connectivity index (χ0) is 14.1. The normalized spacial score (nSPS) is 31.3. The van der Waals surface area contributed by atoms with E-state index in [4.69, 9.17) is 0 Å².